The van der Waals surface area contributed by atoms with Crippen LogP contribution in [0.1, 0.15) is 16.2 Å². The molecule has 1 saturated heterocycles. The van der Waals surface area contributed by atoms with Crippen LogP contribution in [0.2, 0.25) is 0 Å². The first-order valence-corrected chi connectivity index (χ1v) is 9.68. The topological polar surface area (TPSA) is 106 Å². The number of aryl methyl sites for hydroxylation is 2. The average molecular weight is 404 g/mol. The van der Waals surface area contributed by atoms with Gasteiger partial charge in [0.25, 0.3) is 11.8 Å². The zero-order valence-electron chi connectivity index (χ0n) is 16.7. The van der Waals surface area contributed by atoms with Crippen molar-refractivity contribution in [2.75, 3.05) is 31.1 Å². The van der Waals surface area contributed by atoms with E-state index < -0.39 is 0 Å². The molecule has 0 aliphatic carbocycles. The first-order chi connectivity index (χ1) is 14.6. The summed E-state index contributed by atoms with van der Waals surface area (Å²) in [6.07, 6.45) is 3.35. The molecule has 152 valence electrons. The van der Waals surface area contributed by atoms with Crippen molar-refractivity contribution in [3.8, 4) is 11.5 Å². The van der Waals surface area contributed by atoms with E-state index in [1.54, 1.807) is 36.3 Å². The van der Waals surface area contributed by atoms with Crippen LogP contribution in [0, 0.1) is 6.92 Å². The summed E-state index contributed by atoms with van der Waals surface area (Å²) in [4.78, 5) is 29.9. The number of fused-ring (bicyclic) bond motifs is 1. The Bertz CT molecular complexity index is 1210. The van der Waals surface area contributed by atoms with Crippen LogP contribution in [0.4, 0.5) is 5.82 Å². The molecule has 1 fully saturated rings. The maximum Gasteiger partial charge on any atom is 0.257 e. The highest BCUT2D eigenvalue weighted by Crippen LogP contribution is 2.24. The van der Waals surface area contributed by atoms with E-state index in [-0.39, 0.29) is 5.91 Å². The van der Waals surface area contributed by atoms with Gasteiger partial charge in [-0.05, 0) is 31.2 Å². The van der Waals surface area contributed by atoms with E-state index in [2.05, 4.69) is 30.1 Å². The third kappa shape index (κ3) is 3.15. The molecule has 3 aromatic heterocycles. The molecule has 4 heterocycles. The second-order valence-corrected chi connectivity index (χ2v) is 7.21. The number of anilines is 1. The average Bonchev–Trinajstić information content (AvgIpc) is 3.39. The molecule has 0 atom stereocenters. The Balaban J connectivity index is 1.27. The molecule has 0 bridgehead atoms. The third-order valence-corrected chi connectivity index (χ3v) is 5.28. The van der Waals surface area contributed by atoms with Gasteiger partial charge in [0.05, 0.1) is 11.6 Å². The van der Waals surface area contributed by atoms with Gasteiger partial charge in [0, 0.05) is 44.4 Å². The van der Waals surface area contributed by atoms with Crippen molar-refractivity contribution >= 4 is 22.8 Å². The highest BCUT2D eigenvalue weighted by Gasteiger charge is 2.24. The van der Waals surface area contributed by atoms with Crippen LogP contribution in [0.25, 0.3) is 22.5 Å². The number of carbonyl (C=O) groups is 1. The number of hydrogen-bond acceptors (Lipinski definition) is 8. The summed E-state index contributed by atoms with van der Waals surface area (Å²) in [6, 6.07) is 7.26. The molecule has 0 N–H and O–H groups in total. The fourth-order valence-electron chi connectivity index (χ4n) is 3.68. The number of hydrogen-bond donors (Lipinski definition) is 0. The lowest BCUT2D eigenvalue weighted by molar-refractivity contribution is 0.0746. The summed E-state index contributed by atoms with van der Waals surface area (Å²) >= 11 is 0. The molecule has 0 unspecified atom stereocenters. The van der Waals surface area contributed by atoms with Crippen LogP contribution in [0.5, 0.6) is 0 Å². The summed E-state index contributed by atoms with van der Waals surface area (Å²) in [7, 11) is 1.86. The lowest BCUT2D eigenvalue weighted by atomic mass is 10.1. The van der Waals surface area contributed by atoms with Gasteiger partial charge in [0.15, 0.2) is 11.5 Å². The molecule has 0 spiro atoms. The Morgan fingerprint density at radius 1 is 1.07 bits per heavy atom. The Kier molecular flexibility index (Phi) is 4.38. The number of rotatable bonds is 3. The lowest BCUT2D eigenvalue weighted by Gasteiger charge is -2.35. The zero-order chi connectivity index (χ0) is 20.7. The van der Waals surface area contributed by atoms with Gasteiger partial charge in [-0.1, -0.05) is 5.16 Å². The van der Waals surface area contributed by atoms with E-state index >= 15 is 0 Å². The molecule has 1 aliphatic rings. The largest absolute Gasteiger partial charge is 0.352 e. The van der Waals surface area contributed by atoms with Crippen LogP contribution in [0.15, 0.2) is 41.3 Å². The highest BCUT2D eigenvalue weighted by atomic mass is 16.5. The summed E-state index contributed by atoms with van der Waals surface area (Å²) in [5, 5.41) is 8.99. The van der Waals surface area contributed by atoms with Crippen LogP contribution < -0.4 is 4.90 Å². The summed E-state index contributed by atoms with van der Waals surface area (Å²) in [5.41, 5.74) is 2.23. The molecule has 1 aliphatic heterocycles. The van der Waals surface area contributed by atoms with Crippen LogP contribution in [0.3, 0.4) is 0 Å². The van der Waals surface area contributed by atoms with Crippen molar-refractivity contribution in [2.45, 2.75) is 6.92 Å². The molecule has 0 radical (unpaired) electrons. The molecule has 10 nitrogen and oxygen atoms in total. The Labute approximate surface area is 172 Å². The molecule has 5 rings (SSSR count). The van der Waals surface area contributed by atoms with Crippen molar-refractivity contribution in [1.82, 2.24) is 34.8 Å². The number of aromatic nitrogens is 6. The van der Waals surface area contributed by atoms with Crippen molar-refractivity contribution < 1.29 is 9.32 Å². The van der Waals surface area contributed by atoms with E-state index in [9.17, 15) is 4.79 Å². The van der Waals surface area contributed by atoms with Gasteiger partial charge in [-0.3, -0.25) is 9.48 Å². The predicted molar refractivity (Wildman–Crippen MR) is 109 cm³/mol. The van der Waals surface area contributed by atoms with Crippen molar-refractivity contribution in [3.63, 3.8) is 0 Å². The number of piperazine rings is 1. The summed E-state index contributed by atoms with van der Waals surface area (Å²) < 4.78 is 6.91. The molecule has 4 aromatic rings. The molecule has 1 aromatic carbocycles. The minimum atomic E-state index is 0.0112. The molecule has 10 heteroatoms. The summed E-state index contributed by atoms with van der Waals surface area (Å²) in [5.74, 6) is 1.90. The van der Waals surface area contributed by atoms with E-state index in [1.165, 1.54) is 0 Å². The minimum absolute atomic E-state index is 0.0112. The normalized spacial score (nSPS) is 14.5. The standard InChI is InChI=1S/C20H20N8O2/c1-13-24-19(30-25-13)14-3-5-15(6-4-14)20(29)28-9-7-27(8-10-28)18-16-11-23-26(2)17(16)21-12-22-18/h3-6,11-12H,7-10H2,1-2H3. The SMILES string of the molecule is Cc1noc(-c2ccc(C(=O)N3CCN(c4ncnc5c4cnn5C)CC3)cc2)n1. The van der Waals surface area contributed by atoms with Crippen LogP contribution in [-0.4, -0.2) is 66.9 Å². The molecular weight excluding hydrogens is 384 g/mol. The number of nitrogens with zero attached hydrogens (tertiary/aromatic N) is 8. The van der Waals surface area contributed by atoms with Gasteiger partial charge < -0.3 is 14.3 Å². The maximum atomic E-state index is 12.9. The second-order valence-electron chi connectivity index (χ2n) is 7.21. The smallest absolute Gasteiger partial charge is 0.257 e. The first kappa shape index (κ1) is 18.2. The minimum Gasteiger partial charge on any atom is -0.352 e. The fourth-order valence-corrected chi connectivity index (χ4v) is 3.68. The predicted octanol–water partition coefficient (Wildman–Crippen LogP) is 1.68. The fraction of sp³-hybridized carbons (Fsp3) is 0.300. The summed E-state index contributed by atoms with van der Waals surface area (Å²) in [6.45, 7) is 4.41. The van der Waals surface area contributed by atoms with Gasteiger partial charge in [-0.2, -0.15) is 10.1 Å². The maximum absolute atomic E-state index is 12.9. The quantitative estimate of drug-likeness (QED) is 0.508. The third-order valence-electron chi connectivity index (χ3n) is 5.28. The molecule has 30 heavy (non-hydrogen) atoms. The number of carbonyl (C=O) groups excluding carboxylic acids is 1. The van der Waals surface area contributed by atoms with E-state index in [1.807, 2.05) is 24.1 Å². The van der Waals surface area contributed by atoms with Gasteiger partial charge in [0.1, 0.15) is 12.1 Å². The van der Waals surface area contributed by atoms with Gasteiger partial charge >= 0.3 is 0 Å². The molecular formula is C20H20N8O2. The van der Waals surface area contributed by atoms with Crippen molar-refractivity contribution in [1.29, 1.82) is 0 Å². The Morgan fingerprint density at radius 3 is 2.53 bits per heavy atom. The zero-order valence-corrected chi connectivity index (χ0v) is 16.7. The van der Waals surface area contributed by atoms with Crippen molar-refractivity contribution in [3.05, 3.63) is 48.2 Å². The van der Waals surface area contributed by atoms with Crippen LogP contribution >= 0.6 is 0 Å². The molecule has 1 amide bonds. The molecule has 0 saturated carbocycles. The van der Waals surface area contributed by atoms with Gasteiger partial charge in [0.2, 0.25) is 0 Å². The van der Waals surface area contributed by atoms with E-state index in [4.69, 9.17) is 4.52 Å². The second kappa shape index (κ2) is 7.21. The van der Waals surface area contributed by atoms with Gasteiger partial charge in [-0.25, -0.2) is 9.97 Å². The number of benzene rings is 1. The Morgan fingerprint density at radius 2 is 1.83 bits per heavy atom. The number of amides is 1. The van der Waals surface area contributed by atoms with E-state index in [0.29, 0.717) is 43.5 Å². The van der Waals surface area contributed by atoms with Gasteiger partial charge in [-0.15, -0.1) is 0 Å². The first-order valence-electron chi connectivity index (χ1n) is 9.68. The van der Waals surface area contributed by atoms with E-state index in [0.717, 1.165) is 22.4 Å². The lowest BCUT2D eigenvalue weighted by Crippen LogP contribution is -2.49. The van der Waals surface area contributed by atoms with Crippen LogP contribution in [-0.2, 0) is 7.05 Å². The monoisotopic (exact) mass is 404 g/mol. The Hall–Kier alpha value is -3.82. The van der Waals surface area contributed by atoms with Crippen molar-refractivity contribution in [2.24, 2.45) is 7.05 Å². The highest BCUT2D eigenvalue weighted by molar-refractivity contribution is 5.95.